The lowest BCUT2D eigenvalue weighted by atomic mass is 10.1. The first-order valence-electron chi connectivity index (χ1n) is 10.7. The number of carbonyl (C=O) groups is 2. The number of thiophene rings is 2. The molecule has 10 nitrogen and oxygen atoms in total. The van der Waals surface area contributed by atoms with Gasteiger partial charge in [0.25, 0.3) is 10.0 Å². The minimum absolute atomic E-state index is 0.0856. The molecule has 1 amide bonds. The van der Waals surface area contributed by atoms with Crippen molar-refractivity contribution in [2.45, 2.75) is 29.4 Å². The number of halogens is 3. The number of nitrogens with zero attached hydrogens (tertiary/aromatic N) is 1. The van der Waals surface area contributed by atoms with Crippen LogP contribution in [0.1, 0.15) is 17.5 Å². The van der Waals surface area contributed by atoms with Crippen molar-refractivity contribution in [3.63, 3.8) is 0 Å². The Morgan fingerprint density at radius 2 is 1.89 bits per heavy atom. The molecule has 2 aromatic heterocycles. The number of carboxylic acids is 1. The number of carbonyl (C=O) groups excluding carboxylic acids is 1. The molecule has 1 aromatic carbocycles. The van der Waals surface area contributed by atoms with Crippen LogP contribution in [0.2, 0.25) is 0 Å². The highest BCUT2D eigenvalue weighted by Gasteiger charge is 2.38. The summed E-state index contributed by atoms with van der Waals surface area (Å²) in [7, 11) is -3.81. The fraction of sp³-hybridized carbons (Fsp3) is 0.227. The largest absolute Gasteiger partial charge is 0.490 e. The van der Waals surface area contributed by atoms with E-state index >= 15 is 0 Å². The van der Waals surface area contributed by atoms with E-state index in [0.29, 0.717) is 29.8 Å². The van der Waals surface area contributed by atoms with Gasteiger partial charge in [-0.25, -0.2) is 13.2 Å². The molecule has 1 fully saturated rings. The van der Waals surface area contributed by atoms with Gasteiger partial charge in [-0.05, 0) is 53.8 Å². The van der Waals surface area contributed by atoms with Crippen LogP contribution in [0.3, 0.4) is 0 Å². The van der Waals surface area contributed by atoms with Gasteiger partial charge < -0.3 is 21.5 Å². The van der Waals surface area contributed by atoms with Crippen molar-refractivity contribution in [3.8, 4) is 9.75 Å². The van der Waals surface area contributed by atoms with Crippen molar-refractivity contribution in [3.05, 3.63) is 59.0 Å². The van der Waals surface area contributed by atoms with Crippen LogP contribution in [0.15, 0.2) is 52.1 Å². The molecule has 16 heteroatoms. The van der Waals surface area contributed by atoms with Crippen molar-refractivity contribution in [1.82, 2.24) is 9.62 Å². The predicted molar refractivity (Wildman–Crippen MR) is 137 cm³/mol. The van der Waals surface area contributed by atoms with Crippen LogP contribution < -0.4 is 16.2 Å². The molecule has 1 atom stereocenters. The molecule has 1 aliphatic heterocycles. The predicted octanol–water partition coefficient (Wildman–Crippen LogP) is 3.06. The van der Waals surface area contributed by atoms with Gasteiger partial charge in [0.05, 0.1) is 0 Å². The third-order valence-electron chi connectivity index (χ3n) is 5.26. The van der Waals surface area contributed by atoms with Gasteiger partial charge in [-0.3, -0.25) is 10.2 Å². The Morgan fingerprint density at radius 3 is 2.47 bits per heavy atom. The molecule has 204 valence electrons. The summed E-state index contributed by atoms with van der Waals surface area (Å²) in [6, 6.07) is 11.3. The van der Waals surface area contributed by atoms with E-state index in [1.165, 1.54) is 11.3 Å². The number of aliphatic carboxylic acids is 1. The first-order chi connectivity index (χ1) is 17.7. The maximum absolute atomic E-state index is 12.8. The Balaban J connectivity index is 0.000000505. The van der Waals surface area contributed by atoms with Gasteiger partial charge in [0.1, 0.15) is 16.1 Å². The molecule has 3 heterocycles. The number of sulfonamides is 1. The first-order valence-corrected chi connectivity index (χ1v) is 13.8. The minimum Gasteiger partial charge on any atom is -0.475 e. The molecule has 0 radical (unpaired) electrons. The smallest absolute Gasteiger partial charge is 0.475 e. The van der Waals surface area contributed by atoms with Crippen LogP contribution in [0.4, 0.5) is 18.9 Å². The van der Waals surface area contributed by atoms with E-state index in [1.54, 1.807) is 46.6 Å². The molecule has 0 unspecified atom stereocenters. The Labute approximate surface area is 223 Å². The van der Waals surface area contributed by atoms with E-state index in [0.717, 1.165) is 9.75 Å². The lowest BCUT2D eigenvalue weighted by Crippen LogP contribution is -2.41. The maximum atomic E-state index is 12.8. The summed E-state index contributed by atoms with van der Waals surface area (Å²) < 4.78 is 60.1. The van der Waals surface area contributed by atoms with Gasteiger partial charge >= 0.3 is 12.1 Å². The second kappa shape index (κ2) is 11.5. The Hall–Kier alpha value is -3.47. The third kappa shape index (κ3) is 7.09. The summed E-state index contributed by atoms with van der Waals surface area (Å²) in [6.07, 6.45) is -4.71. The number of likely N-dealkylation sites (tertiary alicyclic amines) is 1. The Bertz CT molecular complexity index is 1440. The fourth-order valence-corrected chi connectivity index (χ4v) is 6.76. The molecule has 0 bridgehead atoms. The summed E-state index contributed by atoms with van der Waals surface area (Å²) in [6.45, 7) is 0.631. The number of rotatable bonds is 7. The second-order valence-corrected chi connectivity index (χ2v) is 11.9. The Morgan fingerprint density at radius 1 is 1.21 bits per heavy atom. The second-order valence-electron chi connectivity index (χ2n) is 7.95. The normalized spacial score (nSPS) is 15.7. The van der Waals surface area contributed by atoms with Crippen LogP contribution in [0, 0.1) is 5.41 Å². The topological polar surface area (TPSA) is 180 Å². The number of alkyl halides is 3. The number of benzene rings is 1. The zero-order valence-electron chi connectivity index (χ0n) is 19.4. The molecular formula is C22H22F3N5O5S3. The molecule has 1 saturated heterocycles. The van der Waals surface area contributed by atoms with Gasteiger partial charge in [0.15, 0.2) is 0 Å². The molecule has 7 N–H and O–H groups in total. The summed E-state index contributed by atoms with van der Waals surface area (Å²) in [4.78, 5) is 25.2. The average Bonchev–Trinajstić information content (AvgIpc) is 3.58. The van der Waals surface area contributed by atoms with Crippen molar-refractivity contribution in [2.75, 3.05) is 12.3 Å². The molecule has 1 aliphatic rings. The van der Waals surface area contributed by atoms with Crippen molar-refractivity contribution in [1.29, 1.82) is 5.41 Å². The van der Waals surface area contributed by atoms with E-state index in [2.05, 4.69) is 4.72 Å². The SMILES string of the molecule is N=C(N)c1ccc(N)c(CN2CC[C@H](NS(=O)(=O)c3ccc(-c4cccs4)s3)C2=O)c1.O=C(O)C(F)(F)F. The number of nitrogens with two attached hydrogens (primary N) is 2. The molecule has 38 heavy (non-hydrogen) atoms. The van der Waals surface area contributed by atoms with Gasteiger partial charge in [-0.15, -0.1) is 22.7 Å². The number of carboxylic acid groups (broad SMARTS) is 1. The molecule has 3 aromatic rings. The minimum atomic E-state index is -5.08. The van der Waals surface area contributed by atoms with E-state index < -0.39 is 28.2 Å². The van der Waals surface area contributed by atoms with Crippen molar-refractivity contribution in [2.24, 2.45) is 5.73 Å². The van der Waals surface area contributed by atoms with Crippen LogP contribution in [0.5, 0.6) is 0 Å². The van der Waals surface area contributed by atoms with Crippen LogP contribution in [-0.2, 0) is 26.2 Å². The summed E-state index contributed by atoms with van der Waals surface area (Å²) in [5, 5.41) is 16.6. The monoisotopic (exact) mass is 589 g/mol. The summed E-state index contributed by atoms with van der Waals surface area (Å²) in [5.41, 5.74) is 13.2. The van der Waals surface area contributed by atoms with Crippen LogP contribution >= 0.6 is 22.7 Å². The number of nitrogen functional groups attached to an aromatic ring is 2. The number of hydrogen-bond acceptors (Lipinski definition) is 8. The zero-order valence-corrected chi connectivity index (χ0v) is 21.8. The number of amidine groups is 1. The van der Waals surface area contributed by atoms with Gasteiger partial charge in [-0.1, -0.05) is 6.07 Å². The lowest BCUT2D eigenvalue weighted by molar-refractivity contribution is -0.192. The van der Waals surface area contributed by atoms with E-state index in [9.17, 15) is 26.4 Å². The average molecular weight is 590 g/mol. The maximum Gasteiger partial charge on any atom is 0.490 e. The molecule has 0 spiro atoms. The zero-order chi connectivity index (χ0) is 28.3. The van der Waals surface area contributed by atoms with Crippen LogP contribution in [-0.4, -0.2) is 54.9 Å². The molecule has 0 aliphatic carbocycles. The highest BCUT2D eigenvalue weighted by Crippen LogP contribution is 2.33. The number of anilines is 1. The molecular weight excluding hydrogens is 567 g/mol. The van der Waals surface area contributed by atoms with Crippen molar-refractivity contribution >= 4 is 56.1 Å². The number of nitrogens with one attached hydrogen (secondary N) is 2. The number of amides is 1. The highest BCUT2D eigenvalue weighted by atomic mass is 32.2. The standard InChI is InChI=1S/C20H21N5O3S3.C2HF3O2/c21-14-4-3-12(19(22)23)10-13(14)11-25-8-7-15(20(25)26)24-31(27,28)18-6-5-17(30-18)16-2-1-9-29-16;3-2(4,5)1(6)7/h1-6,9-10,15,24H,7-8,11,21H2,(H3,22,23);(H,6,7)/t15-;/m0./s1. The van der Waals surface area contributed by atoms with Crippen molar-refractivity contribution < 1.29 is 36.3 Å². The van der Waals surface area contributed by atoms with Crippen LogP contribution in [0.25, 0.3) is 9.75 Å². The van der Waals surface area contributed by atoms with Gasteiger partial charge in [-0.2, -0.15) is 17.9 Å². The fourth-order valence-electron chi connectivity index (χ4n) is 3.38. The third-order valence-corrected chi connectivity index (χ3v) is 9.38. The van der Waals surface area contributed by atoms with E-state index in [-0.39, 0.29) is 22.5 Å². The van der Waals surface area contributed by atoms with E-state index in [1.807, 2.05) is 17.5 Å². The summed E-state index contributed by atoms with van der Waals surface area (Å²) >= 11 is 2.72. The quantitative estimate of drug-likeness (QED) is 0.160. The lowest BCUT2D eigenvalue weighted by Gasteiger charge is -2.19. The molecule has 0 saturated carbocycles. The highest BCUT2D eigenvalue weighted by molar-refractivity contribution is 7.91. The first kappa shape index (κ1) is 29.1. The molecule has 4 rings (SSSR count). The van der Waals surface area contributed by atoms with Gasteiger partial charge in [0.2, 0.25) is 5.91 Å². The Kier molecular flexibility index (Phi) is 8.81. The number of hydrogen-bond donors (Lipinski definition) is 5. The van der Waals surface area contributed by atoms with Gasteiger partial charge in [0, 0.05) is 34.1 Å². The summed E-state index contributed by atoms with van der Waals surface area (Å²) in [5.74, 6) is -3.14. The van der Waals surface area contributed by atoms with E-state index in [4.69, 9.17) is 26.8 Å².